The van der Waals surface area contributed by atoms with E-state index in [-0.39, 0.29) is 11.6 Å². The van der Waals surface area contributed by atoms with Crippen molar-refractivity contribution in [2.75, 3.05) is 13.2 Å². The zero-order chi connectivity index (χ0) is 23.5. The molecule has 5 atom stereocenters. The SMILES string of the molecule is CCCCCCCCCCO[C@H]1[C@H](O)[C@@H](CO)O[C@@H](O[Si](C)(C)C(C)(C)C)[C@@H]1N=[N+]=[N-]. The van der Waals surface area contributed by atoms with Crippen molar-refractivity contribution in [2.45, 2.75) is 128 Å². The first-order valence-electron chi connectivity index (χ1n) is 11.9. The van der Waals surface area contributed by atoms with E-state index in [1.54, 1.807) is 0 Å². The van der Waals surface area contributed by atoms with Crippen molar-refractivity contribution in [2.24, 2.45) is 5.11 Å². The second-order valence-corrected chi connectivity index (χ2v) is 14.9. The molecule has 0 amide bonds. The summed E-state index contributed by atoms with van der Waals surface area (Å²) in [6, 6.07) is -0.814. The Kier molecular flexibility index (Phi) is 12.6. The number of rotatable bonds is 14. The average molecular weight is 460 g/mol. The van der Waals surface area contributed by atoms with Crippen LogP contribution in [-0.4, -0.2) is 62.4 Å². The van der Waals surface area contributed by atoms with Gasteiger partial charge in [-0.25, -0.2) is 0 Å². The fourth-order valence-electron chi connectivity index (χ4n) is 3.45. The minimum Gasteiger partial charge on any atom is -0.394 e. The van der Waals surface area contributed by atoms with E-state index in [1.807, 2.05) is 0 Å². The molecule has 0 bridgehead atoms. The third kappa shape index (κ3) is 9.00. The summed E-state index contributed by atoms with van der Waals surface area (Å²) in [7, 11) is -2.25. The number of nitrogens with zero attached hydrogens (tertiary/aromatic N) is 3. The number of aliphatic hydroxyl groups is 2. The van der Waals surface area contributed by atoms with Crippen LogP contribution in [0.5, 0.6) is 0 Å². The summed E-state index contributed by atoms with van der Waals surface area (Å²) in [5.74, 6) is 0. The van der Waals surface area contributed by atoms with Crippen LogP contribution in [0, 0.1) is 0 Å². The number of ether oxygens (including phenoxy) is 2. The predicted octanol–water partition coefficient (Wildman–Crippen LogP) is 5.29. The quantitative estimate of drug-likeness (QED) is 0.120. The highest BCUT2D eigenvalue weighted by molar-refractivity contribution is 6.74. The van der Waals surface area contributed by atoms with Gasteiger partial charge in [0.15, 0.2) is 14.6 Å². The first kappa shape index (κ1) is 28.4. The highest BCUT2D eigenvalue weighted by atomic mass is 28.4. The van der Waals surface area contributed by atoms with Crippen molar-refractivity contribution >= 4 is 8.32 Å². The highest BCUT2D eigenvalue weighted by Crippen LogP contribution is 2.39. The smallest absolute Gasteiger partial charge is 0.195 e. The van der Waals surface area contributed by atoms with E-state index < -0.39 is 39.0 Å². The Morgan fingerprint density at radius 3 is 2.16 bits per heavy atom. The van der Waals surface area contributed by atoms with Gasteiger partial charge in [0, 0.05) is 11.5 Å². The summed E-state index contributed by atoms with van der Waals surface area (Å²) in [4.78, 5) is 2.96. The molecule has 1 fully saturated rings. The highest BCUT2D eigenvalue weighted by Gasteiger charge is 2.49. The summed E-state index contributed by atoms with van der Waals surface area (Å²) in [5.41, 5.74) is 9.12. The Morgan fingerprint density at radius 2 is 1.65 bits per heavy atom. The normalized spacial score (nSPS) is 27.2. The van der Waals surface area contributed by atoms with E-state index in [0.717, 1.165) is 12.8 Å². The van der Waals surface area contributed by atoms with Gasteiger partial charge in [0.05, 0.1) is 12.7 Å². The van der Waals surface area contributed by atoms with E-state index in [1.165, 1.54) is 38.5 Å². The Labute approximate surface area is 189 Å². The second-order valence-electron chi connectivity index (χ2n) is 10.1. The molecule has 0 aromatic heterocycles. The minimum atomic E-state index is -2.25. The number of aliphatic hydroxyl groups excluding tert-OH is 2. The van der Waals surface area contributed by atoms with E-state index in [0.29, 0.717) is 6.61 Å². The summed E-state index contributed by atoms with van der Waals surface area (Å²) >= 11 is 0. The molecule has 1 saturated heterocycles. The van der Waals surface area contributed by atoms with Gasteiger partial charge in [-0.1, -0.05) is 77.8 Å². The molecule has 0 aliphatic carbocycles. The standard InChI is InChI=1S/C22H45N3O5Si/c1-7-8-9-10-11-12-13-14-15-28-20-18(24-25-23)21(29-17(16-26)19(20)27)30-31(5,6)22(2,3)4/h17-21,26-27H,7-16H2,1-6H3/t17-,18-,19-,20-,21+/m1/s1. The lowest BCUT2D eigenvalue weighted by Crippen LogP contribution is -2.61. The van der Waals surface area contributed by atoms with Gasteiger partial charge in [-0.3, -0.25) is 0 Å². The largest absolute Gasteiger partial charge is 0.394 e. The molecule has 0 saturated carbocycles. The fraction of sp³-hybridized carbons (Fsp3) is 1.00. The first-order valence-corrected chi connectivity index (χ1v) is 14.8. The zero-order valence-corrected chi connectivity index (χ0v) is 21.4. The molecule has 1 heterocycles. The van der Waals surface area contributed by atoms with Gasteiger partial charge in [0.25, 0.3) is 0 Å². The second kappa shape index (κ2) is 13.8. The zero-order valence-electron chi connectivity index (χ0n) is 20.4. The van der Waals surface area contributed by atoms with Crippen LogP contribution < -0.4 is 0 Å². The molecule has 8 nitrogen and oxygen atoms in total. The van der Waals surface area contributed by atoms with Gasteiger partial charge in [0.2, 0.25) is 0 Å². The molecule has 9 heteroatoms. The summed E-state index contributed by atoms with van der Waals surface area (Å²) in [6.45, 7) is 12.8. The van der Waals surface area contributed by atoms with Gasteiger partial charge in [-0.15, -0.1) is 0 Å². The van der Waals surface area contributed by atoms with E-state index in [9.17, 15) is 10.2 Å². The molecule has 1 aliphatic rings. The molecule has 0 aromatic carbocycles. The summed E-state index contributed by atoms with van der Waals surface area (Å²) in [5, 5.41) is 24.2. The molecule has 182 valence electrons. The topological polar surface area (TPSA) is 117 Å². The molecular weight excluding hydrogens is 414 g/mol. The maximum absolute atomic E-state index is 10.7. The number of hydrogen-bond acceptors (Lipinski definition) is 6. The van der Waals surface area contributed by atoms with Crippen molar-refractivity contribution < 1.29 is 24.1 Å². The van der Waals surface area contributed by atoms with Crippen molar-refractivity contribution in [1.82, 2.24) is 0 Å². The van der Waals surface area contributed by atoms with Crippen LogP contribution in [0.4, 0.5) is 0 Å². The van der Waals surface area contributed by atoms with Crippen LogP contribution in [0.3, 0.4) is 0 Å². The third-order valence-corrected chi connectivity index (χ3v) is 11.0. The minimum absolute atomic E-state index is 0.0739. The lowest BCUT2D eigenvalue weighted by Gasteiger charge is -2.47. The van der Waals surface area contributed by atoms with Gasteiger partial charge in [-0.05, 0) is 30.1 Å². The molecule has 0 unspecified atom stereocenters. The lowest BCUT2D eigenvalue weighted by molar-refractivity contribution is -0.251. The fourth-order valence-corrected chi connectivity index (χ4v) is 4.58. The summed E-state index contributed by atoms with van der Waals surface area (Å²) in [6.07, 6.45) is 5.89. The molecule has 0 spiro atoms. The maximum atomic E-state index is 10.7. The van der Waals surface area contributed by atoms with Crippen molar-refractivity contribution in [3.05, 3.63) is 10.4 Å². The predicted molar refractivity (Wildman–Crippen MR) is 125 cm³/mol. The van der Waals surface area contributed by atoms with Gasteiger partial charge >= 0.3 is 0 Å². The maximum Gasteiger partial charge on any atom is 0.195 e. The van der Waals surface area contributed by atoms with E-state index >= 15 is 0 Å². The molecule has 31 heavy (non-hydrogen) atoms. The lowest BCUT2D eigenvalue weighted by atomic mass is 9.97. The van der Waals surface area contributed by atoms with Crippen LogP contribution in [0.25, 0.3) is 10.4 Å². The van der Waals surface area contributed by atoms with Crippen molar-refractivity contribution in [1.29, 1.82) is 0 Å². The van der Waals surface area contributed by atoms with Gasteiger partial charge in [-0.2, -0.15) is 0 Å². The van der Waals surface area contributed by atoms with Crippen LogP contribution >= 0.6 is 0 Å². The Morgan fingerprint density at radius 1 is 1.06 bits per heavy atom. The van der Waals surface area contributed by atoms with Crippen LogP contribution in [-0.2, 0) is 13.9 Å². The van der Waals surface area contributed by atoms with Gasteiger partial charge < -0.3 is 24.1 Å². The number of azide groups is 1. The van der Waals surface area contributed by atoms with Crippen LogP contribution in [0.1, 0.15) is 79.1 Å². The Hall–Kier alpha value is -0.673. The first-order chi connectivity index (χ1) is 14.6. The number of unbranched alkanes of at least 4 members (excludes halogenated alkanes) is 7. The Bertz CT molecular complexity index is 552. The molecule has 1 aliphatic heterocycles. The number of hydrogen-bond donors (Lipinski definition) is 2. The molecule has 0 aromatic rings. The average Bonchev–Trinajstić information content (AvgIpc) is 2.69. The molecule has 0 radical (unpaired) electrons. The van der Waals surface area contributed by atoms with Gasteiger partial charge in [0.1, 0.15) is 18.2 Å². The van der Waals surface area contributed by atoms with Crippen molar-refractivity contribution in [3.8, 4) is 0 Å². The Balaban J connectivity index is 2.72. The molecule has 2 N–H and O–H groups in total. The van der Waals surface area contributed by atoms with E-state index in [4.69, 9.17) is 19.4 Å². The van der Waals surface area contributed by atoms with Crippen LogP contribution in [0.15, 0.2) is 5.11 Å². The monoisotopic (exact) mass is 459 g/mol. The summed E-state index contributed by atoms with van der Waals surface area (Å²) < 4.78 is 18.2. The molecular formula is C22H45N3O5Si. The van der Waals surface area contributed by atoms with Crippen molar-refractivity contribution in [3.63, 3.8) is 0 Å². The van der Waals surface area contributed by atoms with E-state index in [2.05, 4.69) is 50.8 Å². The molecule has 1 rings (SSSR count). The van der Waals surface area contributed by atoms with Crippen LogP contribution in [0.2, 0.25) is 18.1 Å². The third-order valence-electron chi connectivity index (χ3n) is 6.53.